The second kappa shape index (κ2) is 1.60. The van der Waals surface area contributed by atoms with E-state index in [1.807, 2.05) is 0 Å². The molecule has 2 aliphatic carbocycles. The van der Waals surface area contributed by atoms with Gasteiger partial charge < -0.3 is 0 Å². The minimum Gasteiger partial charge on any atom is -0.300 e. The summed E-state index contributed by atoms with van der Waals surface area (Å²) in [4.78, 5) is 10.8. The lowest BCUT2D eigenvalue weighted by Gasteiger charge is -2.03. The molecule has 2 rings (SSSR count). The number of Topliss-reactive ketones (excluding diaryl/α,β-unsaturated/α-hetero) is 1. The molecule has 0 aromatic carbocycles. The van der Waals surface area contributed by atoms with Crippen LogP contribution in [0.1, 0.15) is 26.2 Å². The van der Waals surface area contributed by atoms with Crippen molar-refractivity contribution in [1.82, 2.24) is 0 Å². The molecule has 0 bridgehead atoms. The zero-order valence-corrected chi connectivity index (χ0v) is 6.06. The Hall–Kier alpha value is -0.400. The Morgan fingerprint density at radius 2 is 2.30 bits per heavy atom. The Kier molecular flexibility index (Phi) is 1.01. The van der Waals surface area contributed by atoms with Crippen LogP contribution in [0, 0.1) is 11.8 Å². The lowest BCUT2D eigenvalue weighted by atomic mass is 10.00. The van der Waals surface area contributed by atoms with Gasteiger partial charge in [0.15, 0.2) is 0 Å². The van der Waals surface area contributed by atoms with Crippen LogP contribution in [0.3, 0.4) is 0 Å². The molecule has 3 atom stereocenters. The smallest absolute Gasteiger partial charge is 0.133 e. The van der Waals surface area contributed by atoms with E-state index in [2.05, 4.69) is 0 Å². The topological polar surface area (TPSA) is 17.1 Å². The predicted octanol–water partition coefficient (Wildman–Crippen LogP) is 1.71. The van der Waals surface area contributed by atoms with Gasteiger partial charge in [0.25, 0.3) is 0 Å². The zero-order valence-electron chi connectivity index (χ0n) is 6.06. The first-order valence-electron chi connectivity index (χ1n) is 3.83. The minimum absolute atomic E-state index is 0.0775. The Morgan fingerprint density at radius 3 is 2.80 bits per heavy atom. The monoisotopic (exact) mass is 142 g/mol. The molecule has 0 spiro atoms. The van der Waals surface area contributed by atoms with E-state index >= 15 is 0 Å². The quantitative estimate of drug-likeness (QED) is 0.503. The molecule has 2 fully saturated rings. The molecule has 0 N–H and O–H groups in total. The van der Waals surface area contributed by atoms with Crippen molar-refractivity contribution in [3.63, 3.8) is 0 Å². The van der Waals surface area contributed by atoms with Crippen molar-refractivity contribution in [3.8, 4) is 0 Å². The van der Waals surface area contributed by atoms with Crippen LogP contribution in [-0.2, 0) is 4.79 Å². The SMILES string of the molecule is CC1(F)C2CCC(=O)CC21. The molecule has 0 aromatic heterocycles. The van der Waals surface area contributed by atoms with Crippen LogP contribution < -0.4 is 0 Å². The summed E-state index contributed by atoms with van der Waals surface area (Å²) in [5, 5.41) is 0. The molecule has 0 aliphatic heterocycles. The van der Waals surface area contributed by atoms with Crippen molar-refractivity contribution in [2.75, 3.05) is 0 Å². The maximum atomic E-state index is 13.2. The molecule has 2 heteroatoms. The van der Waals surface area contributed by atoms with E-state index in [1.54, 1.807) is 6.92 Å². The molecule has 0 heterocycles. The van der Waals surface area contributed by atoms with Gasteiger partial charge in [-0.2, -0.15) is 0 Å². The van der Waals surface area contributed by atoms with Crippen LogP contribution in [0.25, 0.3) is 0 Å². The van der Waals surface area contributed by atoms with Gasteiger partial charge in [-0.15, -0.1) is 0 Å². The highest BCUT2D eigenvalue weighted by atomic mass is 19.1. The molecule has 56 valence electrons. The summed E-state index contributed by atoms with van der Waals surface area (Å²) in [6, 6.07) is 0. The summed E-state index contributed by atoms with van der Waals surface area (Å²) in [5.41, 5.74) is -0.994. The lowest BCUT2D eigenvalue weighted by molar-refractivity contribution is -0.120. The van der Waals surface area contributed by atoms with Gasteiger partial charge in [-0.1, -0.05) is 0 Å². The molecule has 3 unspecified atom stereocenters. The second-order valence-corrected chi connectivity index (χ2v) is 3.65. The Labute approximate surface area is 59.6 Å². The number of alkyl halides is 1. The van der Waals surface area contributed by atoms with Gasteiger partial charge in [0, 0.05) is 18.8 Å². The average molecular weight is 142 g/mol. The lowest BCUT2D eigenvalue weighted by Crippen LogP contribution is -2.05. The first-order chi connectivity index (χ1) is 4.62. The molecule has 0 radical (unpaired) electrons. The number of fused-ring (bicyclic) bond motifs is 1. The molecule has 0 amide bonds. The fraction of sp³-hybridized carbons (Fsp3) is 0.875. The third-order valence-electron chi connectivity index (χ3n) is 3.01. The summed E-state index contributed by atoms with van der Waals surface area (Å²) >= 11 is 0. The molecular formula is C8H11FO. The first kappa shape index (κ1) is 6.32. The van der Waals surface area contributed by atoms with E-state index in [1.165, 1.54) is 0 Å². The van der Waals surface area contributed by atoms with Crippen molar-refractivity contribution in [2.24, 2.45) is 11.8 Å². The minimum atomic E-state index is -0.994. The normalized spacial score (nSPS) is 52.4. The fourth-order valence-corrected chi connectivity index (χ4v) is 2.15. The van der Waals surface area contributed by atoms with Gasteiger partial charge in [0.1, 0.15) is 11.5 Å². The van der Waals surface area contributed by atoms with Gasteiger partial charge >= 0.3 is 0 Å². The number of carbonyl (C=O) groups is 1. The molecular weight excluding hydrogens is 131 g/mol. The second-order valence-electron chi connectivity index (χ2n) is 3.65. The van der Waals surface area contributed by atoms with Crippen LogP contribution in [-0.4, -0.2) is 11.5 Å². The van der Waals surface area contributed by atoms with E-state index < -0.39 is 5.67 Å². The Balaban J connectivity index is 2.10. The average Bonchev–Trinajstić information content (AvgIpc) is 2.36. The third-order valence-corrected chi connectivity index (χ3v) is 3.01. The summed E-state index contributed by atoms with van der Waals surface area (Å²) in [6.45, 7) is 1.63. The van der Waals surface area contributed by atoms with Crippen molar-refractivity contribution in [1.29, 1.82) is 0 Å². The molecule has 0 saturated heterocycles. The van der Waals surface area contributed by atoms with Gasteiger partial charge in [-0.05, 0) is 19.3 Å². The summed E-state index contributed by atoms with van der Waals surface area (Å²) in [7, 11) is 0. The van der Waals surface area contributed by atoms with Gasteiger partial charge in [0.2, 0.25) is 0 Å². The Bertz CT molecular complexity index is 186. The van der Waals surface area contributed by atoms with E-state index in [-0.39, 0.29) is 17.6 Å². The highest BCUT2D eigenvalue weighted by Crippen LogP contribution is 2.60. The van der Waals surface area contributed by atoms with Crippen molar-refractivity contribution in [3.05, 3.63) is 0 Å². The number of carbonyl (C=O) groups excluding carboxylic acids is 1. The van der Waals surface area contributed by atoms with Crippen LogP contribution in [0.5, 0.6) is 0 Å². The molecule has 1 nitrogen and oxygen atoms in total. The predicted molar refractivity (Wildman–Crippen MR) is 35.4 cm³/mol. The molecule has 10 heavy (non-hydrogen) atoms. The maximum Gasteiger partial charge on any atom is 0.133 e. The molecule has 2 aliphatic rings. The van der Waals surface area contributed by atoms with Gasteiger partial charge in [-0.25, -0.2) is 4.39 Å². The Morgan fingerprint density at radius 1 is 1.60 bits per heavy atom. The number of ketones is 1. The largest absolute Gasteiger partial charge is 0.300 e. The number of hydrogen-bond donors (Lipinski definition) is 0. The van der Waals surface area contributed by atoms with Gasteiger partial charge in [-0.3, -0.25) is 4.79 Å². The first-order valence-corrected chi connectivity index (χ1v) is 3.83. The zero-order chi connectivity index (χ0) is 7.35. The number of halogens is 1. The van der Waals surface area contributed by atoms with Crippen LogP contribution in [0.2, 0.25) is 0 Å². The van der Waals surface area contributed by atoms with Crippen molar-refractivity contribution in [2.45, 2.75) is 31.9 Å². The van der Waals surface area contributed by atoms with E-state index in [4.69, 9.17) is 0 Å². The highest BCUT2D eigenvalue weighted by molar-refractivity contribution is 5.80. The standard InChI is InChI=1S/C8H11FO/c1-8(9)6-3-2-5(10)4-7(6)8/h6-7H,2-4H2,1H3. The fourth-order valence-electron chi connectivity index (χ4n) is 2.15. The third kappa shape index (κ3) is 0.648. The van der Waals surface area contributed by atoms with E-state index in [0.29, 0.717) is 12.8 Å². The molecule has 2 saturated carbocycles. The summed E-state index contributed by atoms with van der Waals surface area (Å²) in [5.74, 6) is 0.543. The molecule has 0 aromatic rings. The van der Waals surface area contributed by atoms with E-state index in [0.717, 1.165) is 6.42 Å². The van der Waals surface area contributed by atoms with E-state index in [9.17, 15) is 9.18 Å². The maximum absolute atomic E-state index is 13.2. The summed E-state index contributed by atoms with van der Waals surface area (Å²) in [6.07, 6.45) is 1.90. The van der Waals surface area contributed by atoms with Crippen LogP contribution in [0.4, 0.5) is 4.39 Å². The number of rotatable bonds is 0. The van der Waals surface area contributed by atoms with Gasteiger partial charge in [0.05, 0.1) is 0 Å². The highest BCUT2D eigenvalue weighted by Gasteiger charge is 2.63. The van der Waals surface area contributed by atoms with Crippen LogP contribution in [0.15, 0.2) is 0 Å². The van der Waals surface area contributed by atoms with Crippen LogP contribution >= 0.6 is 0 Å². The van der Waals surface area contributed by atoms with Crippen molar-refractivity contribution >= 4 is 5.78 Å². The summed E-state index contributed by atoms with van der Waals surface area (Å²) < 4.78 is 13.2. The number of hydrogen-bond acceptors (Lipinski definition) is 1. The van der Waals surface area contributed by atoms with Crippen molar-refractivity contribution < 1.29 is 9.18 Å².